The number of nitrogens with one attached hydrogen (secondary N) is 1. The molecule has 0 heterocycles. The van der Waals surface area contributed by atoms with Crippen molar-refractivity contribution >= 4 is 0 Å². The van der Waals surface area contributed by atoms with Gasteiger partial charge < -0.3 is 0 Å². The summed E-state index contributed by atoms with van der Waals surface area (Å²) in [7, 11) is 0. The molecule has 3 N–H and O–H groups in total. The second kappa shape index (κ2) is 2.89. The van der Waals surface area contributed by atoms with Crippen molar-refractivity contribution in [3.8, 4) is 0 Å². The highest BCUT2D eigenvalue weighted by Gasteiger charge is 2.18. The van der Waals surface area contributed by atoms with E-state index in [1.54, 1.807) is 0 Å². The fourth-order valence-electron chi connectivity index (χ4n) is 0.433. The molecule has 0 fully saturated rings. The van der Waals surface area contributed by atoms with Crippen LogP contribution >= 0.6 is 0 Å². The third-order valence-corrected chi connectivity index (χ3v) is 0.938. The average molecular weight is 145 g/mol. The molecular formula is C8H21N2+. The molecule has 2 heteroatoms. The topological polar surface area (TPSA) is 28.6 Å². The molecule has 0 aliphatic carbocycles. The molecule has 10 heavy (non-hydrogen) atoms. The molecule has 0 atom stereocenters. The van der Waals surface area contributed by atoms with Crippen LogP contribution in [0.3, 0.4) is 0 Å². The lowest BCUT2D eigenvalue weighted by molar-refractivity contribution is -0.775. The minimum atomic E-state index is 0.202. The minimum Gasteiger partial charge on any atom is -0.264 e. The Bertz CT molecular complexity index is 80.8. The molecular weight excluding hydrogens is 124 g/mol. The maximum atomic E-state index is 3.34. The summed E-state index contributed by atoms with van der Waals surface area (Å²) >= 11 is 0. The van der Waals surface area contributed by atoms with E-state index in [9.17, 15) is 0 Å². The van der Waals surface area contributed by atoms with Crippen molar-refractivity contribution in [3.05, 3.63) is 0 Å². The number of hydrogen-bond donors (Lipinski definition) is 2. The first-order valence-corrected chi connectivity index (χ1v) is 3.83. The SMILES string of the molecule is CC(C)(C)N[NH2+]C(C)(C)C. The molecule has 0 aromatic carbocycles. The summed E-state index contributed by atoms with van der Waals surface area (Å²) in [6.07, 6.45) is 0. The van der Waals surface area contributed by atoms with Crippen molar-refractivity contribution in [3.63, 3.8) is 0 Å². The summed E-state index contributed by atoms with van der Waals surface area (Å²) in [6, 6.07) is 0. The second-order valence-corrected chi connectivity index (χ2v) is 4.90. The van der Waals surface area contributed by atoms with Crippen molar-refractivity contribution in [1.29, 1.82) is 0 Å². The van der Waals surface area contributed by atoms with Gasteiger partial charge in [0.05, 0.1) is 5.54 Å². The lowest BCUT2D eigenvalue weighted by Crippen LogP contribution is -3.04. The van der Waals surface area contributed by atoms with E-state index in [2.05, 4.69) is 52.4 Å². The van der Waals surface area contributed by atoms with Crippen molar-refractivity contribution in [2.45, 2.75) is 52.6 Å². The summed E-state index contributed by atoms with van der Waals surface area (Å²) in [6.45, 7) is 13.0. The first-order chi connectivity index (χ1) is 4.21. The summed E-state index contributed by atoms with van der Waals surface area (Å²) in [4.78, 5) is 0. The summed E-state index contributed by atoms with van der Waals surface area (Å²) in [5, 5.41) is 0. The lowest BCUT2D eigenvalue weighted by Gasteiger charge is -2.24. The van der Waals surface area contributed by atoms with Gasteiger partial charge in [-0.05, 0) is 41.5 Å². The smallest absolute Gasteiger partial charge is 0.105 e. The van der Waals surface area contributed by atoms with Gasteiger partial charge in [-0.25, -0.2) is 0 Å². The molecule has 0 aromatic rings. The molecule has 2 nitrogen and oxygen atoms in total. The van der Waals surface area contributed by atoms with Gasteiger partial charge in [0.1, 0.15) is 5.54 Å². The largest absolute Gasteiger partial charge is 0.264 e. The molecule has 62 valence electrons. The van der Waals surface area contributed by atoms with Crippen LogP contribution in [-0.2, 0) is 0 Å². The zero-order valence-corrected chi connectivity index (χ0v) is 8.08. The summed E-state index contributed by atoms with van der Waals surface area (Å²) < 4.78 is 0. The van der Waals surface area contributed by atoms with E-state index in [-0.39, 0.29) is 11.1 Å². The van der Waals surface area contributed by atoms with Gasteiger partial charge in [0.2, 0.25) is 0 Å². The average Bonchev–Trinajstić information content (AvgIpc) is 1.57. The molecule has 0 aliphatic heterocycles. The van der Waals surface area contributed by atoms with Crippen LogP contribution < -0.4 is 10.9 Å². The molecule has 0 radical (unpaired) electrons. The van der Waals surface area contributed by atoms with E-state index in [4.69, 9.17) is 0 Å². The molecule has 0 aliphatic rings. The summed E-state index contributed by atoms with van der Waals surface area (Å²) in [5.74, 6) is 0. The van der Waals surface area contributed by atoms with Crippen LogP contribution in [0.2, 0.25) is 0 Å². The fraction of sp³-hybridized carbons (Fsp3) is 1.00. The summed E-state index contributed by atoms with van der Waals surface area (Å²) in [5.41, 5.74) is 5.96. The van der Waals surface area contributed by atoms with Crippen molar-refractivity contribution in [2.24, 2.45) is 0 Å². The number of quaternary nitrogens is 1. The molecule has 0 rings (SSSR count). The molecule has 0 saturated carbocycles. The van der Waals surface area contributed by atoms with Crippen molar-refractivity contribution < 1.29 is 5.43 Å². The molecule has 0 aromatic heterocycles. The highest BCUT2D eigenvalue weighted by molar-refractivity contribution is 4.63. The van der Waals surface area contributed by atoms with Crippen LogP contribution in [0.1, 0.15) is 41.5 Å². The lowest BCUT2D eigenvalue weighted by atomic mass is 10.1. The van der Waals surface area contributed by atoms with Gasteiger partial charge in [-0.1, -0.05) is 0 Å². The Morgan fingerprint density at radius 1 is 0.900 bits per heavy atom. The van der Waals surface area contributed by atoms with Crippen molar-refractivity contribution in [1.82, 2.24) is 5.43 Å². The fourth-order valence-corrected chi connectivity index (χ4v) is 0.433. The van der Waals surface area contributed by atoms with E-state index in [1.165, 1.54) is 0 Å². The van der Waals surface area contributed by atoms with Gasteiger partial charge in [0.15, 0.2) is 0 Å². The van der Waals surface area contributed by atoms with Gasteiger partial charge in [-0.3, -0.25) is 5.43 Å². The van der Waals surface area contributed by atoms with E-state index < -0.39 is 0 Å². The highest BCUT2D eigenvalue weighted by atomic mass is 15.4. The Morgan fingerprint density at radius 2 is 1.30 bits per heavy atom. The normalized spacial score (nSPS) is 13.8. The molecule has 0 bridgehead atoms. The predicted octanol–water partition coefficient (Wildman–Crippen LogP) is 0.651. The number of nitrogens with two attached hydrogens (primary N) is 1. The quantitative estimate of drug-likeness (QED) is 0.412. The number of rotatable bonds is 1. The Kier molecular flexibility index (Phi) is 2.86. The van der Waals surface area contributed by atoms with Crippen LogP contribution in [0.4, 0.5) is 0 Å². The van der Waals surface area contributed by atoms with Crippen LogP contribution in [0.15, 0.2) is 0 Å². The second-order valence-electron chi connectivity index (χ2n) is 4.90. The van der Waals surface area contributed by atoms with Gasteiger partial charge in [-0.2, -0.15) is 5.43 Å². The van der Waals surface area contributed by atoms with Gasteiger partial charge in [0.25, 0.3) is 0 Å². The Balaban J connectivity index is 3.56. The maximum absolute atomic E-state index is 3.34. The molecule has 0 amide bonds. The third kappa shape index (κ3) is 7.92. The standard InChI is InChI=1S/C8H20N2/c1-7(2,3)9-10-8(4,5)6/h9-10H,1-6H3/p+1. The first-order valence-electron chi connectivity index (χ1n) is 3.83. The Hall–Kier alpha value is -0.0800. The van der Waals surface area contributed by atoms with Crippen LogP contribution in [-0.4, -0.2) is 11.1 Å². The zero-order valence-electron chi connectivity index (χ0n) is 8.08. The highest BCUT2D eigenvalue weighted by Crippen LogP contribution is 1.95. The number of hydrogen-bond acceptors (Lipinski definition) is 1. The monoisotopic (exact) mass is 145 g/mol. The predicted molar refractivity (Wildman–Crippen MR) is 44.6 cm³/mol. The first kappa shape index (κ1) is 9.92. The van der Waals surface area contributed by atoms with E-state index in [1.807, 2.05) is 0 Å². The van der Waals surface area contributed by atoms with Crippen molar-refractivity contribution in [2.75, 3.05) is 0 Å². The maximum Gasteiger partial charge on any atom is 0.105 e. The van der Waals surface area contributed by atoms with Crippen LogP contribution in [0.5, 0.6) is 0 Å². The molecule has 0 saturated heterocycles. The van der Waals surface area contributed by atoms with E-state index in [0.29, 0.717) is 0 Å². The molecule has 0 spiro atoms. The van der Waals surface area contributed by atoms with Gasteiger partial charge in [-0.15, -0.1) is 0 Å². The minimum absolute atomic E-state index is 0.202. The zero-order chi connectivity index (χ0) is 8.41. The van der Waals surface area contributed by atoms with Gasteiger partial charge >= 0.3 is 0 Å². The van der Waals surface area contributed by atoms with Crippen LogP contribution in [0, 0.1) is 0 Å². The Morgan fingerprint density at radius 3 is 1.40 bits per heavy atom. The Labute approximate surface area is 64.4 Å². The van der Waals surface area contributed by atoms with E-state index in [0.717, 1.165) is 0 Å². The molecule has 0 unspecified atom stereocenters. The van der Waals surface area contributed by atoms with Crippen LogP contribution in [0.25, 0.3) is 0 Å². The van der Waals surface area contributed by atoms with E-state index >= 15 is 0 Å². The third-order valence-electron chi connectivity index (χ3n) is 0.938. The van der Waals surface area contributed by atoms with Gasteiger partial charge in [0, 0.05) is 0 Å².